The number of methoxy groups -OCH3 is 1. The fourth-order valence-corrected chi connectivity index (χ4v) is 2.00. The number of hydrogen-bond donors (Lipinski definition) is 3. The van der Waals surface area contributed by atoms with Crippen molar-refractivity contribution in [3.8, 4) is 11.5 Å². The molecule has 1 atom stereocenters. The van der Waals surface area contributed by atoms with Gasteiger partial charge in [-0.25, -0.2) is 4.79 Å². The van der Waals surface area contributed by atoms with Crippen molar-refractivity contribution >= 4 is 5.97 Å². The monoisotopic (exact) mass is 274 g/mol. The van der Waals surface area contributed by atoms with E-state index in [1.54, 1.807) is 18.2 Å². The smallest absolute Gasteiger partial charge is 0.345 e. The predicted octanol–water partition coefficient (Wildman–Crippen LogP) is 1.72. The van der Waals surface area contributed by atoms with Gasteiger partial charge in [0, 0.05) is 5.56 Å². The number of aromatic hydroxyl groups is 1. The van der Waals surface area contributed by atoms with Crippen LogP contribution in [0.4, 0.5) is 0 Å². The first-order valence-corrected chi connectivity index (χ1v) is 5.89. The summed E-state index contributed by atoms with van der Waals surface area (Å²) in [5, 5.41) is 29.6. The van der Waals surface area contributed by atoms with E-state index in [2.05, 4.69) is 0 Å². The van der Waals surface area contributed by atoms with Crippen LogP contribution in [0, 0.1) is 0 Å². The standard InChI is InChI=1S/C15H14O5/c1-20-13-9-11(7-8-12(13)16)15(19,14(17)18)10-5-3-2-4-6-10/h2-9,16,19H,1H3,(H,17,18). The molecule has 2 aromatic carbocycles. The summed E-state index contributed by atoms with van der Waals surface area (Å²) >= 11 is 0. The Bertz CT molecular complexity index is 623. The van der Waals surface area contributed by atoms with Crippen LogP contribution >= 0.6 is 0 Å². The van der Waals surface area contributed by atoms with Gasteiger partial charge >= 0.3 is 5.97 Å². The summed E-state index contributed by atoms with van der Waals surface area (Å²) in [5.41, 5.74) is -1.88. The van der Waals surface area contributed by atoms with Crippen LogP contribution in [0.5, 0.6) is 11.5 Å². The maximum atomic E-state index is 11.6. The SMILES string of the molecule is COc1cc(C(O)(C(=O)O)c2ccccc2)ccc1O. The number of ether oxygens (including phenoxy) is 1. The third-order valence-electron chi connectivity index (χ3n) is 3.10. The van der Waals surface area contributed by atoms with Crippen LogP contribution < -0.4 is 4.74 Å². The Balaban J connectivity index is 2.63. The molecule has 0 saturated heterocycles. The van der Waals surface area contributed by atoms with E-state index in [4.69, 9.17) is 4.74 Å². The van der Waals surface area contributed by atoms with Crippen LogP contribution in [0.2, 0.25) is 0 Å². The van der Waals surface area contributed by atoms with Crippen molar-refractivity contribution in [3.63, 3.8) is 0 Å². The lowest BCUT2D eigenvalue weighted by Crippen LogP contribution is -2.36. The molecule has 3 N–H and O–H groups in total. The number of carboxylic acid groups (broad SMARTS) is 1. The highest BCUT2D eigenvalue weighted by atomic mass is 16.5. The second-order valence-corrected chi connectivity index (χ2v) is 4.27. The zero-order valence-corrected chi connectivity index (χ0v) is 10.8. The van der Waals surface area contributed by atoms with Crippen LogP contribution in [-0.2, 0) is 10.4 Å². The van der Waals surface area contributed by atoms with Crippen LogP contribution in [0.15, 0.2) is 48.5 Å². The molecule has 5 nitrogen and oxygen atoms in total. The zero-order chi connectivity index (χ0) is 14.8. The molecule has 20 heavy (non-hydrogen) atoms. The number of carboxylic acids is 1. The summed E-state index contributed by atoms with van der Waals surface area (Å²) in [6.07, 6.45) is 0. The second kappa shape index (κ2) is 5.22. The highest BCUT2D eigenvalue weighted by Crippen LogP contribution is 2.35. The van der Waals surface area contributed by atoms with E-state index in [-0.39, 0.29) is 22.6 Å². The summed E-state index contributed by atoms with van der Waals surface area (Å²) in [6.45, 7) is 0. The Morgan fingerprint density at radius 3 is 2.30 bits per heavy atom. The summed E-state index contributed by atoms with van der Waals surface area (Å²) in [5.74, 6) is -1.44. The highest BCUT2D eigenvalue weighted by molar-refractivity contribution is 5.84. The maximum absolute atomic E-state index is 11.6. The summed E-state index contributed by atoms with van der Waals surface area (Å²) in [4.78, 5) is 11.6. The molecule has 0 radical (unpaired) electrons. The number of hydrogen-bond acceptors (Lipinski definition) is 4. The molecule has 0 heterocycles. The zero-order valence-electron chi connectivity index (χ0n) is 10.8. The van der Waals surface area contributed by atoms with Gasteiger partial charge in [0.05, 0.1) is 7.11 Å². The number of aliphatic carboxylic acids is 1. The molecule has 0 amide bonds. The van der Waals surface area contributed by atoms with Crippen LogP contribution in [0.25, 0.3) is 0 Å². The molecule has 0 aliphatic rings. The number of phenolic OH excluding ortho intramolecular Hbond substituents is 1. The van der Waals surface area contributed by atoms with Crippen molar-refractivity contribution in [3.05, 3.63) is 59.7 Å². The lowest BCUT2D eigenvalue weighted by Gasteiger charge is -2.25. The number of benzene rings is 2. The van der Waals surface area contributed by atoms with Crippen molar-refractivity contribution in [1.82, 2.24) is 0 Å². The topological polar surface area (TPSA) is 87.0 Å². The molecule has 0 aliphatic carbocycles. The van der Waals surface area contributed by atoms with Gasteiger partial charge in [-0.05, 0) is 17.7 Å². The lowest BCUT2D eigenvalue weighted by molar-refractivity contribution is -0.155. The molecule has 2 rings (SSSR count). The maximum Gasteiger partial charge on any atom is 0.345 e. The molecular formula is C15H14O5. The average molecular weight is 274 g/mol. The Kier molecular flexibility index (Phi) is 3.63. The Morgan fingerprint density at radius 1 is 1.10 bits per heavy atom. The second-order valence-electron chi connectivity index (χ2n) is 4.27. The molecule has 0 aromatic heterocycles. The number of aliphatic hydroxyl groups is 1. The van der Waals surface area contributed by atoms with Gasteiger partial charge in [-0.3, -0.25) is 0 Å². The van der Waals surface area contributed by atoms with Crippen molar-refractivity contribution < 1.29 is 24.9 Å². The first-order chi connectivity index (χ1) is 9.50. The molecular weight excluding hydrogens is 260 g/mol. The summed E-state index contributed by atoms with van der Waals surface area (Å²) in [6, 6.07) is 12.0. The van der Waals surface area contributed by atoms with Gasteiger partial charge in [-0.2, -0.15) is 0 Å². The minimum absolute atomic E-state index is 0.0955. The minimum atomic E-state index is -2.21. The fourth-order valence-electron chi connectivity index (χ4n) is 2.00. The van der Waals surface area contributed by atoms with Crippen LogP contribution in [-0.4, -0.2) is 28.4 Å². The molecule has 0 bridgehead atoms. The van der Waals surface area contributed by atoms with E-state index in [9.17, 15) is 20.1 Å². The molecule has 0 aliphatic heterocycles. The lowest BCUT2D eigenvalue weighted by atomic mass is 9.86. The van der Waals surface area contributed by atoms with Crippen LogP contribution in [0.3, 0.4) is 0 Å². The van der Waals surface area contributed by atoms with Gasteiger partial charge in [0.15, 0.2) is 11.5 Å². The van der Waals surface area contributed by atoms with Gasteiger partial charge in [0.25, 0.3) is 0 Å². The van der Waals surface area contributed by atoms with Crippen molar-refractivity contribution in [2.45, 2.75) is 5.60 Å². The number of carbonyl (C=O) groups is 1. The summed E-state index contributed by atoms with van der Waals surface area (Å²) in [7, 11) is 1.35. The molecule has 5 heteroatoms. The first kappa shape index (κ1) is 13.9. The van der Waals surface area contributed by atoms with E-state index < -0.39 is 11.6 Å². The minimum Gasteiger partial charge on any atom is -0.504 e. The van der Waals surface area contributed by atoms with Gasteiger partial charge in [-0.15, -0.1) is 0 Å². The third kappa shape index (κ3) is 2.19. The molecule has 104 valence electrons. The first-order valence-electron chi connectivity index (χ1n) is 5.89. The largest absolute Gasteiger partial charge is 0.504 e. The van der Waals surface area contributed by atoms with Crippen molar-refractivity contribution in [1.29, 1.82) is 0 Å². The van der Waals surface area contributed by atoms with E-state index in [1.165, 1.54) is 37.4 Å². The predicted molar refractivity (Wildman–Crippen MR) is 71.7 cm³/mol. The van der Waals surface area contributed by atoms with Gasteiger partial charge < -0.3 is 20.1 Å². The third-order valence-corrected chi connectivity index (χ3v) is 3.10. The fraction of sp³-hybridized carbons (Fsp3) is 0.133. The van der Waals surface area contributed by atoms with Gasteiger partial charge in [0.2, 0.25) is 5.60 Å². The highest BCUT2D eigenvalue weighted by Gasteiger charge is 2.40. The number of phenols is 1. The van der Waals surface area contributed by atoms with Gasteiger partial charge in [-0.1, -0.05) is 36.4 Å². The Hall–Kier alpha value is -2.53. The molecule has 1 unspecified atom stereocenters. The van der Waals surface area contributed by atoms with E-state index in [1.807, 2.05) is 0 Å². The van der Waals surface area contributed by atoms with Crippen LogP contribution in [0.1, 0.15) is 11.1 Å². The van der Waals surface area contributed by atoms with E-state index in [0.29, 0.717) is 0 Å². The molecule has 0 spiro atoms. The molecule has 0 fully saturated rings. The molecule has 0 saturated carbocycles. The Morgan fingerprint density at radius 2 is 1.75 bits per heavy atom. The van der Waals surface area contributed by atoms with E-state index in [0.717, 1.165) is 0 Å². The van der Waals surface area contributed by atoms with E-state index >= 15 is 0 Å². The van der Waals surface area contributed by atoms with Gasteiger partial charge in [0.1, 0.15) is 0 Å². The molecule has 2 aromatic rings. The van der Waals surface area contributed by atoms with Crippen molar-refractivity contribution in [2.24, 2.45) is 0 Å². The average Bonchev–Trinajstić information content (AvgIpc) is 2.47. The Labute approximate surface area is 115 Å². The van der Waals surface area contributed by atoms with Crippen molar-refractivity contribution in [2.75, 3.05) is 7.11 Å². The summed E-state index contributed by atoms with van der Waals surface area (Å²) < 4.78 is 4.94. The quantitative estimate of drug-likeness (QED) is 0.790. The normalized spacial score (nSPS) is 13.5. The number of rotatable bonds is 4.